The van der Waals surface area contributed by atoms with Gasteiger partial charge in [0.05, 0.1) is 6.61 Å². The Morgan fingerprint density at radius 1 is 1.38 bits per heavy atom. The summed E-state index contributed by atoms with van der Waals surface area (Å²) in [5.74, 6) is 0.571. The lowest BCUT2D eigenvalue weighted by Crippen LogP contribution is -2.40. The number of rotatable bonds is 3. The molecule has 0 aliphatic heterocycles. The smallest absolute Gasteiger partial charge is 0.192 e. The van der Waals surface area contributed by atoms with Gasteiger partial charge >= 0.3 is 0 Å². The van der Waals surface area contributed by atoms with Crippen molar-refractivity contribution < 1.29 is 4.43 Å². The maximum atomic E-state index is 6.08. The van der Waals surface area contributed by atoms with Gasteiger partial charge in [0.25, 0.3) is 0 Å². The normalized spacial score (nSPS) is 12.8. The molecule has 0 bridgehead atoms. The Morgan fingerprint density at radius 2 is 2.00 bits per heavy atom. The van der Waals surface area contributed by atoms with Crippen LogP contribution in [-0.4, -0.2) is 13.3 Å². The molecule has 4 heteroatoms. The zero-order valence-electron chi connectivity index (χ0n) is 10.9. The van der Waals surface area contributed by atoms with Crippen molar-refractivity contribution in [2.24, 2.45) is 0 Å². The molecule has 0 saturated carbocycles. The summed E-state index contributed by atoms with van der Waals surface area (Å²) in [6.07, 6.45) is 1.70. The third-order valence-corrected chi connectivity index (χ3v) is 7.80. The first-order chi connectivity index (χ1) is 7.24. The van der Waals surface area contributed by atoms with E-state index < -0.39 is 8.32 Å². The predicted octanol–water partition coefficient (Wildman–Crippen LogP) is 3.19. The average molecular weight is 238 g/mol. The molecule has 0 saturated heterocycles. The van der Waals surface area contributed by atoms with Crippen LogP contribution in [0.4, 0.5) is 5.82 Å². The number of anilines is 1. The first-order valence-corrected chi connectivity index (χ1v) is 8.48. The molecule has 0 atom stereocenters. The van der Waals surface area contributed by atoms with Crippen LogP contribution in [0.1, 0.15) is 26.3 Å². The van der Waals surface area contributed by atoms with E-state index in [1.165, 1.54) is 0 Å². The van der Waals surface area contributed by atoms with Gasteiger partial charge in [-0.2, -0.15) is 0 Å². The quantitative estimate of drug-likeness (QED) is 0.823. The number of aromatic nitrogens is 1. The number of hydrogen-bond acceptors (Lipinski definition) is 3. The summed E-state index contributed by atoms with van der Waals surface area (Å²) in [6.45, 7) is 11.7. The Kier molecular flexibility index (Phi) is 3.75. The maximum absolute atomic E-state index is 6.08. The van der Waals surface area contributed by atoms with Crippen LogP contribution in [0.2, 0.25) is 18.1 Å². The summed E-state index contributed by atoms with van der Waals surface area (Å²) < 4.78 is 6.08. The molecule has 0 aliphatic carbocycles. The van der Waals surface area contributed by atoms with Gasteiger partial charge in [-0.25, -0.2) is 4.98 Å². The molecule has 1 heterocycles. The minimum absolute atomic E-state index is 0.226. The Bertz CT molecular complexity index is 358. The molecule has 3 nitrogen and oxygen atoms in total. The predicted molar refractivity (Wildman–Crippen MR) is 70.6 cm³/mol. The van der Waals surface area contributed by atoms with E-state index in [4.69, 9.17) is 10.2 Å². The van der Waals surface area contributed by atoms with Gasteiger partial charge in [0.1, 0.15) is 5.82 Å². The second kappa shape index (κ2) is 4.55. The Morgan fingerprint density at radius 3 is 2.50 bits per heavy atom. The molecule has 90 valence electrons. The first-order valence-electron chi connectivity index (χ1n) is 5.57. The molecule has 1 rings (SSSR count). The van der Waals surface area contributed by atoms with E-state index >= 15 is 0 Å². The third-order valence-electron chi connectivity index (χ3n) is 3.32. The zero-order chi connectivity index (χ0) is 12.4. The van der Waals surface area contributed by atoms with Crippen molar-refractivity contribution in [3.63, 3.8) is 0 Å². The number of nitrogen functional groups attached to an aromatic ring is 1. The first kappa shape index (κ1) is 13.2. The molecule has 16 heavy (non-hydrogen) atoms. The average Bonchev–Trinajstić information content (AvgIpc) is 2.15. The third kappa shape index (κ3) is 3.06. The van der Waals surface area contributed by atoms with Crippen molar-refractivity contribution in [1.29, 1.82) is 0 Å². The van der Waals surface area contributed by atoms with Gasteiger partial charge in [0.2, 0.25) is 0 Å². The van der Waals surface area contributed by atoms with Crippen LogP contribution in [0.15, 0.2) is 18.3 Å². The lowest BCUT2D eigenvalue weighted by atomic mass is 10.2. The van der Waals surface area contributed by atoms with Crippen LogP contribution >= 0.6 is 0 Å². The molecular formula is C12H22N2OSi. The minimum Gasteiger partial charge on any atom is -0.412 e. The van der Waals surface area contributed by atoms with Crippen molar-refractivity contribution >= 4 is 14.1 Å². The molecule has 0 spiro atoms. The molecular weight excluding hydrogens is 216 g/mol. The fourth-order valence-electron chi connectivity index (χ4n) is 1.05. The second-order valence-electron chi connectivity index (χ2n) is 5.60. The summed E-state index contributed by atoms with van der Waals surface area (Å²) in [5, 5.41) is 0.226. The van der Waals surface area contributed by atoms with Crippen LogP contribution in [0, 0.1) is 0 Å². The number of pyridine rings is 1. The minimum atomic E-state index is -1.69. The van der Waals surface area contributed by atoms with E-state index in [0.717, 1.165) is 5.56 Å². The largest absolute Gasteiger partial charge is 0.412 e. The van der Waals surface area contributed by atoms with Crippen molar-refractivity contribution in [3.8, 4) is 0 Å². The molecule has 1 aromatic rings. The van der Waals surface area contributed by atoms with Crippen LogP contribution in [-0.2, 0) is 11.0 Å². The molecule has 1 aromatic heterocycles. The van der Waals surface area contributed by atoms with Gasteiger partial charge in [0, 0.05) is 11.8 Å². The van der Waals surface area contributed by atoms with Crippen LogP contribution in [0.25, 0.3) is 0 Å². The van der Waals surface area contributed by atoms with Crippen molar-refractivity contribution in [1.82, 2.24) is 4.98 Å². The molecule has 0 fully saturated rings. The molecule has 2 N–H and O–H groups in total. The Hall–Kier alpha value is -0.873. The summed E-state index contributed by atoms with van der Waals surface area (Å²) >= 11 is 0. The topological polar surface area (TPSA) is 48.1 Å². The van der Waals surface area contributed by atoms with Gasteiger partial charge in [-0.05, 0) is 24.2 Å². The highest BCUT2D eigenvalue weighted by molar-refractivity contribution is 6.74. The molecule has 0 unspecified atom stereocenters. The van der Waals surface area contributed by atoms with Gasteiger partial charge < -0.3 is 10.2 Å². The van der Waals surface area contributed by atoms with Gasteiger partial charge in [-0.1, -0.05) is 26.8 Å². The lowest BCUT2D eigenvalue weighted by molar-refractivity contribution is 0.276. The Labute approximate surface area is 99.2 Å². The standard InChI is InChI=1S/C12H22N2OSi/c1-12(2,3)16(4,5)15-9-10-7-6-8-14-11(10)13/h6-8H,9H2,1-5H3,(H2,13,14). The van der Waals surface area contributed by atoms with Crippen LogP contribution < -0.4 is 5.73 Å². The molecule has 0 amide bonds. The number of nitrogens with zero attached hydrogens (tertiary/aromatic N) is 1. The van der Waals surface area contributed by atoms with E-state index in [9.17, 15) is 0 Å². The van der Waals surface area contributed by atoms with Crippen molar-refractivity contribution in [3.05, 3.63) is 23.9 Å². The summed E-state index contributed by atoms with van der Waals surface area (Å²) in [7, 11) is -1.69. The highest BCUT2D eigenvalue weighted by atomic mass is 28.4. The van der Waals surface area contributed by atoms with Crippen LogP contribution in [0.5, 0.6) is 0 Å². The van der Waals surface area contributed by atoms with E-state index in [-0.39, 0.29) is 5.04 Å². The van der Waals surface area contributed by atoms with Gasteiger partial charge in [0.15, 0.2) is 8.32 Å². The van der Waals surface area contributed by atoms with Crippen LogP contribution in [0.3, 0.4) is 0 Å². The highest BCUT2D eigenvalue weighted by Crippen LogP contribution is 2.37. The fraction of sp³-hybridized carbons (Fsp3) is 0.583. The molecule has 0 aromatic carbocycles. The highest BCUT2D eigenvalue weighted by Gasteiger charge is 2.37. The van der Waals surface area contributed by atoms with E-state index in [0.29, 0.717) is 12.4 Å². The van der Waals surface area contributed by atoms with Crippen molar-refractivity contribution in [2.75, 3.05) is 5.73 Å². The SMILES string of the molecule is CC(C)(C)[Si](C)(C)OCc1cccnc1N. The number of hydrogen-bond donors (Lipinski definition) is 1. The monoisotopic (exact) mass is 238 g/mol. The van der Waals surface area contributed by atoms with Gasteiger partial charge in [-0.15, -0.1) is 0 Å². The second-order valence-corrected chi connectivity index (χ2v) is 10.4. The zero-order valence-corrected chi connectivity index (χ0v) is 11.9. The molecule has 0 radical (unpaired) electrons. The number of nitrogens with two attached hydrogens (primary N) is 1. The summed E-state index contributed by atoms with van der Waals surface area (Å²) in [6, 6.07) is 3.86. The Balaban J connectivity index is 2.69. The summed E-state index contributed by atoms with van der Waals surface area (Å²) in [4.78, 5) is 4.06. The summed E-state index contributed by atoms with van der Waals surface area (Å²) in [5.41, 5.74) is 6.76. The van der Waals surface area contributed by atoms with E-state index in [2.05, 4.69) is 38.8 Å². The maximum Gasteiger partial charge on any atom is 0.192 e. The lowest BCUT2D eigenvalue weighted by Gasteiger charge is -2.36. The van der Waals surface area contributed by atoms with Crippen molar-refractivity contribution in [2.45, 2.75) is 45.5 Å². The van der Waals surface area contributed by atoms with Gasteiger partial charge in [-0.3, -0.25) is 0 Å². The van der Waals surface area contributed by atoms with E-state index in [1.54, 1.807) is 6.20 Å². The fourth-order valence-corrected chi connectivity index (χ4v) is 2.00. The molecule has 0 aliphatic rings. The van der Waals surface area contributed by atoms with E-state index in [1.807, 2.05) is 12.1 Å².